The third-order valence-electron chi connectivity index (χ3n) is 5.01. The van der Waals surface area contributed by atoms with Gasteiger partial charge < -0.3 is 10.1 Å². The zero-order chi connectivity index (χ0) is 24.0. The summed E-state index contributed by atoms with van der Waals surface area (Å²) < 4.78 is 32.6. The lowest BCUT2D eigenvalue weighted by Crippen LogP contribution is -2.37. The predicted molar refractivity (Wildman–Crippen MR) is 126 cm³/mol. The van der Waals surface area contributed by atoms with Crippen molar-refractivity contribution in [3.8, 4) is 0 Å². The fourth-order valence-corrected chi connectivity index (χ4v) is 4.65. The molecule has 1 amide bonds. The Bertz CT molecular complexity index is 1240. The van der Waals surface area contributed by atoms with E-state index in [-0.39, 0.29) is 18.0 Å². The average Bonchev–Trinajstić information content (AvgIpc) is 2.79. The van der Waals surface area contributed by atoms with Crippen LogP contribution in [0, 0.1) is 13.8 Å². The summed E-state index contributed by atoms with van der Waals surface area (Å²) in [7, 11) is -2.64. The number of methoxy groups -OCH3 is 1. The molecule has 8 heteroatoms. The molecule has 0 saturated heterocycles. The highest BCUT2D eigenvalue weighted by molar-refractivity contribution is 7.89. The maximum absolute atomic E-state index is 13.4. The number of nitrogens with one attached hydrogen (secondary N) is 1. The van der Waals surface area contributed by atoms with Crippen LogP contribution in [0.25, 0.3) is 0 Å². The maximum Gasteiger partial charge on any atom is 0.337 e. The van der Waals surface area contributed by atoms with Gasteiger partial charge in [-0.3, -0.25) is 4.79 Å². The molecule has 0 aromatic heterocycles. The molecule has 33 heavy (non-hydrogen) atoms. The molecule has 0 saturated carbocycles. The van der Waals surface area contributed by atoms with Crippen LogP contribution in [0.2, 0.25) is 0 Å². The van der Waals surface area contributed by atoms with Gasteiger partial charge >= 0.3 is 5.97 Å². The van der Waals surface area contributed by atoms with E-state index in [0.29, 0.717) is 11.3 Å². The van der Waals surface area contributed by atoms with Crippen molar-refractivity contribution >= 4 is 27.6 Å². The molecule has 0 heterocycles. The summed E-state index contributed by atoms with van der Waals surface area (Å²) in [5.74, 6) is -0.981. The SMILES string of the molecule is COC(=O)c1ccc(NC(=O)CN(Cc2cccc(C)c2)S(=O)(=O)c2ccc(C)cc2)cc1. The lowest BCUT2D eigenvalue weighted by molar-refractivity contribution is -0.116. The molecule has 172 valence electrons. The molecular formula is C25H26N2O5S. The molecular weight excluding hydrogens is 440 g/mol. The number of anilines is 1. The summed E-state index contributed by atoms with van der Waals surface area (Å²) in [6.45, 7) is 3.47. The number of rotatable bonds is 8. The van der Waals surface area contributed by atoms with Gasteiger partial charge in [0.25, 0.3) is 0 Å². The zero-order valence-corrected chi connectivity index (χ0v) is 19.6. The first kappa shape index (κ1) is 24.2. The van der Waals surface area contributed by atoms with Crippen molar-refractivity contribution in [1.29, 1.82) is 0 Å². The van der Waals surface area contributed by atoms with Gasteiger partial charge in [0.1, 0.15) is 0 Å². The minimum atomic E-state index is -3.93. The minimum Gasteiger partial charge on any atom is -0.465 e. The number of benzene rings is 3. The fourth-order valence-electron chi connectivity index (χ4n) is 3.27. The summed E-state index contributed by atoms with van der Waals surface area (Å²) in [6.07, 6.45) is 0. The summed E-state index contributed by atoms with van der Waals surface area (Å²) in [6, 6.07) is 20.2. The summed E-state index contributed by atoms with van der Waals surface area (Å²) in [5.41, 5.74) is 3.50. The average molecular weight is 467 g/mol. The van der Waals surface area contributed by atoms with Crippen LogP contribution in [-0.2, 0) is 26.1 Å². The van der Waals surface area contributed by atoms with E-state index in [2.05, 4.69) is 10.1 Å². The molecule has 3 aromatic rings. The lowest BCUT2D eigenvalue weighted by atomic mass is 10.1. The highest BCUT2D eigenvalue weighted by Gasteiger charge is 2.27. The Balaban J connectivity index is 1.83. The smallest absolute Gasteiger partial charge is 0.337 e. The number of nitrogens with zero attached hydrogens (tertiary/aromatic N) is 1. The van der Waals surface area contributed by atoms with Crippen molar-refractivity contribution in [3.05, 3.63) is 95.1 Å². The van der Waals surface area contributed by atoms with E-state index in [4.69, 9.17) is 0 Å². The second kappa shape index (κ2) is 10.4. The minimum absolute atomic E-state index is 0.0482. The van der Waals surface area contributed by atoms with Gasteiger partial charge in [0.15, 0.2) is 0 Å². The first-order valence-corrected chi connectivity index (χ1v) is 11.7. The van der Waals surface area contributed by atoms with Crippen molar-refractivity contribution in [2.24, 2.45) is 0 Å². The van der Waals surface area contributed by atoms with Gasteiger partial charge in [0.2, 0.25) is 15.9 Å². The Hall–Kier alpha value is -3.49. The van der Waals surface area contributed by atoms with E-state index in [1.54, 1.807) is 24.3 Å². The number of hydrogen-bond donors (Lipinski definition) is 1. The molecule has 0 bridgehead atoms. The zero-order valence-electron chi connectivity index (χ0n) is 18.7. The highest BCUT2D eigenvalue weighted by Crippen LogP contribution is 2.20. The Morgan fingerprint density at radius 3 is 2.18 bits per heavy atom. The van der Waals surface area contributed by atoms with Gasteiger partial charge in [-0.05, 0) is 55.8 Å². The fraction of sp³-hybridized carbons (Fsp3) is 0.200. The van der Waals surface area contributed by atoms with Crippen LogP contribution in [-0.4, -0.2) is 38.3 Å². The first-order chi connectivity index (χ1) is 15.7. The number of carbonyl (C=O) groups is 2. The molecule has 0 spiro atoms. The topological polar surface area (TPSA) is 92.8 Å². The van der Waals surface area contributed by atoms with Crippen LogP contribution < -0.4 is 5.32 Å². The third kappa shape index (κ3) is 6.27. The van der Waals surface area contributed by atoms with E-state index in [1.807, 2.05) is 38.1 Å². The molecule has 1 N–H and O–H groups in total. The molecule has 0 atom stereocenters. The first-order valence-electron chi connectivity index (χ1n) is 10.3. The summed E-state index contributed by atoms with van der Waals surface area (Å²) in [5, 5.41) is 2.69. The molecule has 3 rings (SSSR count). The van der Waals surface area contributed by atoms with Gasteiger partial charge in [0, 0.05) is 12.2 Å². The van der Waals surface area contributed by atoms with Gasteiger partial charge in [0.05, 0.1) is 24.1 Å². The van der Waals surface area contributed by atoms with Crippen molar-refractivity contribution < 1.29 is 22.7 Å². The molecule has 0 fully saturated rings. The molecule has 0 aliphatic rings. The van der Waals surface area contributed by atoms with E-state index in [1.165, 1.54) is 31.4 Å². The highest BCUT2D eigenvalue weighted by atomic mass is 32.2. The van der Waals surface area contributed by atoms with Crippen molar-refractivity contribution in [3.63, 3.8) is 0 Å². The largest absolute Gasteiger partial charge is 0.465 e. The van der Waals surface area contributed by atoms with Crippen molar-refractivity contribution in [2.75, 3.05) is 19.0 Å². The number of esters is 1. The van der Waals surface area contributed by atoms with Crippen molar-refractivity contribution in [2.45, 2.75) is 25.3 Å². The van der Waals surface area contributed by atoms with Crippen LogP contribution in [0.3, 0.4) is 0 Å². The second-order valence-electron chi connectivity index (χ2n) is 7.69. The van der Waals surface area contributed by atoms with Crippen molar-refractivity contribution in [1.82, 2.24) is 4.31 Å². The summed E-state index contributed by atoms with van der Waals surface area (Å²) in [4.78, 5) is 24.5. The summed E-state index contributed by atoms with van der Waals surface area (Å²) >= 11 is 0. The number of sulfonamides is 1. The standard InChI is InChI=1S/C25H26N2O5S/c1-18-7-13-23(14-8-18)33(30,31)27(16-20-6-4-5-19(2)15-20)17-24(28)26-22-11-9-21(10-12-22)25(29)32-3/h4-15H,16-17H2,1-3H3,(H,26,28). The third-order valence-corrected chi connectivity index (χ3v) is 6.82. The van der Waals surface area contributed by atoms with E-state index < -0.39 is 21.9 Å². The molecule has 0 unspecified atom stereocenters. The lowest BCUT2D eigenvalue weighted by Gasteiger charge is -2.22. The van der Waals surface area contributed by atoms with Crippen LogP contribution in [0.4, 0.5) is 5.69 Å². The van der Waals surface area contributed by atoms with Crippen LogP contribution >= 0.6 is 0 Å². The Kier molecular flexibility index (Phi) is 7.63. The van der Waals surface area contributed by atoms with Crippen LogP contribution in [0.15, 0.2) is 77.7 Å². The van der Waals surface area contributed by atoms with Gasteiger partial charge in [-0.15, -0.1) is 0 Å². The number of aryl methyl sites for hydroxylation is 2. The Labute approximate surface area is 194 Å². The molecule has 0 aliphatic heterocycles. The Morgan fingerprint density at radius 1 is 0.909 bits per heavy atom. The van der Waals surface area contributed by atoms with Gasteiger partial charge in [-0.1, -0.05) is 47.5 Å². The molecule has 7 nitrogen and oxygen atoms in total. The van der Waals surface area contributed by atoms with E-state index in [9.17, 15) is 18.0 Å². The van der Waals surface area contributed by atoms with E-state index in [0.717, 1.165) is 21.0 Å². The van der Waals surface area contributed by atoms with Gasteiger partial charge in [-0.2, -0.15) is 4.31 Å². The molecule has 0 aliphatic carbocycles. The number of hydrogen-bond acceptors (Lipinski definition) is 5. The monoisotopic (exact) mass is 466 g/mol. The van der Waals surface area contributed by atoms with Gasteiger partial charge in [-0.25, -0.2) is 13.2 Å². The Morgan fingerprint density at radius 2 is 1.58 bits per heavy atom. The normalized spacial score (nSPS) is 11.3. The maximum atomic E-state index is 13.4. The number of amides is 1. The number of ether oxygens (including phenoxy) is 1. The van der Waals surface area contributed by atoms with Crippen LogP contribution in [0.1, 0.15) is 27.0 Å². The van der Waals surface area contributed by atoms with E-state index >= 15 is 0 Å². The van der Waals surface area contributed by atoms with Crippen LogP contribution in [0.5, 0.6) is 0 Å². The molecule has 0 radical (unpaired) electrons. The second-order valence-corrected chi connectivity index (χ2v) is 9.63. The number of carbonyl (C=O) groups excluding carboxylic acids is 2. The quantitative estimate of drug-likeness (QED) is 0.508. The molecule has 3 aromatic carbocycles. The predicted octanol–water partition coefficient (Wildman–Crippen LogP) is 3.92.